The third kappa shape index (κ3) is 3.04. The van der Waals surface area contributed by atoms with Crippen LogP contribution in [-0.2, 0) is 11.2 Å². The maximum absolute atomic E-state index is 12.4. The smallest absolute Gasteiger partial charge is 0.255 e. The maximum atomic E-state index is 12.4. The molecule has 0 saturated heterocycles. The Labute approximate surface area is 134 Å². The van der Waals surface area contributed by atoms with E-state index < -0.39 is 0 Å². The van der Waals surface area contributed by atoms with Crippen molar-refractivity contribution in [2.75, 3.05) is 23.9 Å². The van der Waals surface area contributed by atoms with Crippen molar-refractivity contribution in [3.63, 3.8) is 0 Å². The van der Waals surface area contributed by atoms with Gasteiger partial charge in [-0.2, -0.15) is 0 Å². The fourth-order valence-electron chi connectivity index (χ4n) is 2.75. The minimum Gasteiger partial charge on any atom is -0.497 e. The van der Waals surface area contributed by atoms with Gasteiger partial charge in [0, 0.05) is 30.4 Å². The number of carbonyl (C=O) groups excluding carboxylic acids is 2. The van der Waals surface area contributed by atoms with Crippen LogP contribution in [0.2, 0.25) is 0 Å². The summed E-state index contributed by atoms with van der Waals surface area (Å²) in [6, 6.07) is 12.6. The van der Waals surface area contributed by atoms with Crippen molar-refractivity contribution in [3.8, 4) is 5.75 Å². The van der Waals surface area contributed by atoms with Crippen LogP contribution in [0.4, 0.5) is 11.4 Å². The molecule has 5 nitrogen and oxygen atoms in total. The van der Waals surface area contributed by atoms with E-state index in [1.165, 1.54) is 0 Å². The van der Waals surface area contributed by atoms with Gasteiger partial charge >= 0.3 is 0 Å². The largest absolute Gasteiger partial charge is 0.497 e. The number of nitrogens with one attached hydrogen (secondary N) is 1. The highest BCUT2D eigenvalue weighted by Crippen LogP contribution is 2.31. The molecule has 0 unspecified atom stereocenters. The van der Waals surface area contributed by atoms with Crippen LogP contribution < -0.4 is 15.0 Å². The number of methoxy groups -OCH3 is 1. The number of benzene rings is 2. The van der Waals surface area contributed by atoms with Gasteiger partial charge in [-0.3, -0.25) is 9.59 Å². The summed E-state index contributed by atoms with van der Waals surface area (Å²) in [6.45, 7) is 2.24. The normalized spacial score (nSPS) is 12.7. The Balaban J connectivity index is 1.82. The molecule has 1 heterocycles. The topological polar surface area (TPSA) is 58.6 Å². The Hall–Kier alpha value is -2.82. The Morgan fingerprint density at radius 3 is 2.74 bits per heavy atom. The predicted molar refractivity (Wildman–Crippen MR) is 89.1 cm³/mol. The summed E-state index contributed by atoms with van der Waals surface area (Å²) in [7, 11) is 1.56. The van der Waals surface area contributed by atoms with Crippen molar-refractivity contribution in [1.29, 1.82) is 0 Å². The lowest BCUT2D eigenvalue weighted by Gasteiger charge is -2.16. The number of ether oxygens (including phenoxy) is 1. The summed E-state index contributed by atoms with van der Waals surface area (Å²) in [4.78, 5) is 25.7. The molecule has 1 N–H and O–H groups in total. The molecular weight excluding hydrogens is 292 g/mol. The van der Waals surface area contributed by atoms with Crippen molar-refractivity contribution in [2.45, 2.75) is 13.3 Å². The zero-order chi connectivity index (χ0) is 16.4. The first-order valence-electron chi connectivity index (χ1n) is 7.45. The van der Waals surface area contributed by atoms with E-state index in [-0.39, 0.29) is 11.8 Å². The number of fused-ring (bicyclic) bond motifs is 1. The second-order valence-corrected chi connectivity index (χ2v) is 5.45. The highest BCUT2D eigenvalue weighted by Gasteiger charge is 2.22. The van der Waals surface area contributed by atoms with Crippen molar-refractivity contribution < 1.29 is 14.3 Å². The van der Waals surface area contributed by atoms with Gasteiger partial charge in [-0.05, 0) is 42.3 Å². The molecule has 2 aromatic rings. The molecule has 0 bridgehead atoms. The Morgan fingerprint density at radius 1 is 1.17 bits per heavy atom. The van der Waals surface area contributed by atoms with E-state index >= 15 is 0 Å². The molecule has 2 amide bonds. The van der Waals surface area contributed by atoms with Crippen LogP contribution in [-0.4, -0.2) is 25.5 Å². The van der Waals surface area contributed by atoms with E-state index in [0.717, 1.165) is 17.7 Å². The fourth-order valence-corrected chi connectivity index (χ4v) is 2.75. The average molecular weight is 310 g/mol. The number of rotatable bonds is 3. The predicted octanol–water partition coefficient (Wildman–Crippen LogP) is 2.86. The van der Waals surface area contributed by atoms with Crippen LogP contribution >= 0.6 is 0 Å². The molecule has 0 atom stereocenters. The highest BCUT2D eigenvalue weighted by molar-refractivity contribution is 6.05. The summed E-state index contributed by atoms with van der Waals surface area (Å²) >= 11 is 0. The Kier molecular flexibility index (Phi) is 4.02. The minimum atomic E-state index is -0.212. The van der Waals surface area contributed by atoms with Crippen molar-refractivity contribution >= 4 is 23.2 Å². The molecule has 23 heavy (non-hydrogen) atoms. The van der Waals surface area contributed by atoms with Gasteiger partial charge in [0.05, 0.1) is 7.11 Å². The van der Waals surface area contributed by atoms with Crippen LogP contribution in [0.25, 0.3) is 0 Å². The first-order valence-corrected chi connectivity index (χ1v) is 7.45. The molecule has 1 aliphatic heterocycles. The van der Waals surface area contributed by atoms with Crippen LogP contribution in [0, 0.1) is 0 Å². The van der Waals surface area contributed by atoms with Crippen LogP contribution in [0.3, 0.4) is 0 Å². The van der Waals surface area contributed by atoms with E-state index in [1.807, 2.05) is 18.2 Å². The molecule has 0 radical (unpaired) electrons. The third-order valence-corrected chi connectivity index (χ3v) is 3.95. The first kappa shape index (κ1) is 15.1. The molecule has 0 fully saturated rings. The Bertz CT molecular complexity index is 771. The van der Waals surface area contributed by atoms with E-state index in [2.05, 4.69) is 5.32 Å². The van der Waals surface area contributed by atoms with Crippen molar-refractivity contribution in [1.82, 2.24) is 0 Å². The number of hydrogen-bond donors (Lipinski definition) is 1. The number of carbonyl (C=O) groups is 2. The lowest BCUT2D eigenvalue weighted by molar-refractivity contribution is -0.116. The molecule has 3 rings (SSSR count). The standard InChI is InChI=1S/C18H18N2O3/c1-12(21)20-9-8-13-6-7-15(11-17(13)20)19-18(22)14-4-3-5-16(10-14)23-2/h3-7,10-11H,8-9H2,1-2H3,(H,19,22). The lowest BCUT2D eigenvalue weighted by atomic mass is 10.1. The number of nitrogens with zero attached hydrogens (tertiary/aromatic N) is 1. The molecule has 0 spiro atoms. The molecule has 5 heteroatoms. The summed E-state index contributed by atoms with van der Waals surface area (Å²) < 4.78 is 5.13. The number of amides is 2. The fraction of sp³-hybridized carbons (Fsp3) is 0.222. The van der Waals surface area contributed by atoms with Gasteiger partial charge in [-0.25, -0.2) is 0 Å². The summed E-state index contributed by atoms with van der Waals surface area (Å²) in [5, 5.41) is 2.87. The lowest BCUT2D eigenvalue weighted by Crippen LogP contribution is -2.25. The van der Waals surface area contributed by atoms with Gasteiger partial charge in [0.2, 0.25) is 5.91 Å². The zero-order valence-electron chi connectivity index (χ0n) is 13.1. The molecular formula is C18H18N2O3. The maximum Gasteiger partial charge on any atom is 0.255 e. The van der Waals surface area contributed by atoms with Gasteiger partial charge in [0.1, 0.15) is 5.75 Å². The number of anilines is 2. The summed E-state index contributed by atoms with van der Waals surface area (Å²) in [5.74, 6) is 0.436. The third-order valence-electron chi connectivity index (χ3n) is 3.95. The van der Waals surface area contributed by atoms with Crippen LogP contribution in [0.5, 0.6) is 5.75 Å². The second kappa shape index (κ2) is 6.12. The molecule has 1 aliphatic rings. The minimum absolute atomic E-state index is 0.0139. The molecule has 0 aromatic heterocycles. The van der Waals surface area contributed by atoms with Gasteiger partial charge in [-0.1, -0.05) is 12.1 Å². The molecule has 0 saturated carbocycles. The van der Waals surface area contributed by atoms with Crippen molar-refractivity contribution in [2.24, 2.45) is 0 Å². The van der Waals surface area contributed by atoms with Gasteiger partial charge < -0.3 is 15.0 Å². The van der Waals surface area contributed by atoms with Crippen LogP contribution in [0.1, 0.15) is 22.8 Å². The summed E-state index contributed by atoms with van der Waals surface area (Å²) in [5.41, 5.74) is 3.19. The highest BCUT2D eigenvalue weighted by atomic mass is 16.5. The number of hydrogen-bond acceptors (Lipinski definition) is 3. The van der Waals surface area contributed by atoms with E-state index in [4.69, 9.17) is 4.74 Å². The zero-order valence-corrected chi connectivity index (χ0v) is 13.1. The quantitative estimate of drug-likeness (QED) is 0.948. The average Bonchev–Trinajstić information content (AvgIpc) is 2.98. The van der Waals surface area contributed by atoms with Crippen LogP contribution in [0.15, 0.2) is 42.5 Å². The SMILES string of the molecule is COc1cccc(C(=O)Nc2ccc3c(c2)N(C(C)=O)CC3)c1. The van der Waals surface area contributed by atoms with Crippen molar-refractivity contribution in [3.05, 3.63) is 53.6 Å². The Morgan fingerprint density at radius 2 is 2.00 bits per heavy atom. The molecule has 2 aromatic carbocycles. The monoisotopic (exact) mass is 310 g/mol. The van der Waals surface area contributed by atoms with Gasteiger partial charge in [0.15, 0.2) is 0 Å². The second-order valence-electron chi connectivity index (χ2n) is 5.45. The van der Waals surface area contributed by atoms with Gasteiger partial charge in [-0.15, -0.1) is 0 Å². The van der Waals surface area contributed by atoms with E-state index in [9.17, 15) is 9.59 Å². The molecule has 0 aliphatic carbocycles. The van der Waals surface area contributed by atoms with E-state index in [0.29, 0.717) is 23.5 Å². The summed E-state index contributed by atoms with van der Waals surface area (Å²) in [6.07, 6.45) is 0.846. The molecule has 118 valence electrons. The van der Waals surface area contributed by atoms with Gasteiger partial charge in [0.25, 0.3) is 5.91 Å². The van der Waals surface area contributed by atoms with E-state index in [1.54, 1.807) is 43.2 Å². The first-order chi connectivity index (χ1) is 11.1.